The Morgan fingerprint density at radius 1 is 1.23 bits per heavy atom. The molecule has 1 heterocycles. The van der Waals surface area contributed by atoms with E-state index in [1.165, 1.54) is 12.5 Å². The third kappa shape index (κ3) is 3.17. The van der Waals surface area contributed by atoms with E-state index in [4.69, 9.17) is 9.47 Å². The summed E-state index contributed by atoms with van der Waals surface area (Å²) in [6.45, 7) is 3.89. The average molecular weight is 361 g/mol. The normalized spacial score (nSPS) is 13.6. The van der Waals surface area contributed by atoms with Crippen LogP contribution in [0.4, 0.5) is 0 Å². The van der Waals surface area contributed by atoms with Gasteiger partial charge < -0.3 is 9.47 Å². The predicted octanol–water partition coefficient (Wildman–Crippen LogP) is 4.81. The summed E-state index contributed by atoms with van der Waals surface area (Å²) in [6, 6.07) is 12.2. The molecule has 1 aliphatic heterocycles. The first kappa shape index (κ1) is 15.1. The lowest BCUT2D eigenvalue weighted by atomic mass is 9.94. The number of hydrogen-bond donors (Lipinski definition) is 0. The summed E-state index contributed by atoms with van der Waals surface area (Å²) in [5.41, 5.74) is 3.49. The van der Waals surface area contributed by atoms with Gasteiger partial charge in [0, 0.05) is 29.3 Å². The van der Waals surface area contributed by atoms with E-state index in [-0.39, 0.29) is 11.9 Å². The van der Waals surface area contributed by atoms with E-state index in [0.717, 1.165) is 33.5 Å². The highest BCUT2D eigenvalue weighted by atomic mass is 79.9. The molecule has 0 spiro atoms. The van der Waals surface area contributed by atoms with E-state index in [1.54, 1.807) is 0 Å². The second-order valence-electron chi connectivity index (χ2n) is 5.60. The van der Waals surface area contributed by atoms with E-state index in [0.29, 0.717) is 6.61 Å². The third-order valence-electron chi connectivity index (χ3n) is 3.81. The number of ether oxygens (including phenoxy) is 2. The van der Waals surface area contributed by atoms with Gasteiger partial charge in [-0.05, 0) is 35.4 Å². The van der Waals surface area contributed by atoms with Gasteiger partial charge in [0.2, 0.25) is 0 Å². The zero-order valence-corrected chi connectivity index (χ0v) is 14.1. The van der Waals surface area contributed by atoms with Crippen molar-refractivity contribution >= 4 is 21.9 Å². The van der Waals surface area contributed by atoms with Crippen molar-refractivity contribution in [1.82, 2.24) is 0 Å². The molecule has 3 nitrogen and oxygen atoms in total. The van der Waals surface area contributed by atoms with Crippen LogP contribution in [0.5, 0.6) is 11.5 Å². The Bertz CT molecular complexity index is 724. The molecular weight excluding hydrogens is 344 g/mol. The first-order valence-corrected chi connectivity index (χ1v) is 8.04. The summed E-state index contributed by atoms with van der Waals surface area (Å²) >= 11 is 3.50. The van der Waals surface area contributed by atoms with E-state index < -0.39 is 0 Å². The molecule has 2 aromatic rings. The molecule has 0 fully saturated rings. The quantitative estimate of drug-likeness (QED) is 0.628. The van der Waals surface area contributed by atoms with Crippen LogP contribution in [0.2, 0.25) is 0 Å². The zero-order chi connectivity index (χ0) is 15.7. The summed E-state index contributed by atoms with van der Waals surface area (Å²) in [7, 11) is 0. The summed E-state index contributed by atoms with van der Waals surface area (Å²) in [6.07, 6.45) is 0.845. The standard InChI is InChI=1S/C18H17BrO3/c1-11(10-21-12(2)20)13-3-5-17-14(7-13)8-15-9-16(19)4-6-18(15)22-17/h3-7,9,11H,8,10H2,1-2H3. The van der Waals surface area contributed by atoms with Crippen LogP contribution in [0.15, 0.2) is 40.9 Å². The van der Waals surface area contributed by atoms with E-state index in [2.05, 4.69) is 35.0 Å². The Morgan fingerprint density at radius 3 is 2.64 bits per heavy atom. The highest BCUT2D eigenvalue weighted by Gasteiger charge is 2.19. The molecule has 0 N–H and O–H groups in total. The van der Waals surface area contributed by atoms with Crippen molar-refractivity contribution in [3.63, 3.8) is 0 Å². The lowest BCUT2D eigenvalue weighted by molar-refractivity contribution is -0.141. The molecular formula is C18H17BrO3. The Hall–Kier alpha value is -1.81. The van der Waals surface area contributed by atoms with E-state index in [1.807, 2.05) is 24.3 Å². The molecule has 1 aliphatic rings. The average Bonchev–Trinajstić information content (AvgIpc) is 2.50. The summed E-state index contributed by atoms with van der Waals surface area (Å²) in [4.78, 5) is 10.9. The van der Waals surface area contributed by atoms with Crippen LogP contribution in [0, 0.1) is 0 Å². The van der Waals surface area contributed by atoms with Crippen LogP contribution < -0.4 is 4.74 Å². The molecule has 114 valence electrons. The zero-order valence-electron chi connectivity index (χ0n) is 12.6. The van der Waals surface area contributed by atoms with Crippen LogP contribution in [0.25, 0.3) is 0 Å². The van der Waals surface area contributed by atoms with Crippen molar-refractivity contribution in [2.75, 3.05) is 6.61 Å². The fourth-order valence-electron chi connectivity index (χ4n) is 2.59. The highest BCUT2D eigenvalue weighted by Crippen LogP contribution is 2.38. The summed E-state index contributed by atoms with van der Waals surface area (Å²) < 4.78 is 12.1. The number of rotatable bonds is 3. The molecule has 0 saturated carbocycles. The largest absolute Gasteiger partial charge is 0.465 e. The fourth-order valence-corrected chi connectivity index (χ4v) is 3.00. The van der Waals surface area contributed by atoms with Gasteiger partial charge in [-0.15, -0.1) is 0 Å². The van der Waals surface area contributed by atoms with Crippen LogP contribution in [-0.4, -0.2) is 12.6 Å². The monoisotopic (exact) mass is 360 g/mol. The van der Waals surface area contributed by atoms with Crippen LogP contribution in [-0.2, 0) is 16.0 Å². The maximum Gasteiger partial charge on any atom is 0.302 e. The van der Waals surface area contributed by atoms with Gasteiger partial charge in [0.25, 0.3) is 0 Å². The van der Waals surface area contributed by atoms with Gasteiger partial charge in [-0.3, -0.25) is 4.79 Å². The van der Waals surface area contributed by atoms with E-state index in [9.17, 15) is 4.79 Å². The van der Waals surface area contributed by atoms with Gasteiger partial charge in [0.15, 0.2) is 0 Å². The number of benzene rings is 2. The Labute approximate surface area is 138 Å². The lowest BCUT2D eigenvalue weighted by Crippen LogP contribution is -2.09. The van der Waals surface area contributed by atoms with Crippen molar-refractivity contribution in [2.45, 2.75) is 26.2 Å². The first-order valence-electron chi connectivity index (χ1n) is 7.25. The van der Waals surface area contributed by atoms with Crippen LogP contribution in [0.3, 0.4) is 0 Å². The second kappa shape index (κ2) is 6.13. The van der Waals surface area contributed by atoms with Crippen molar-refractivity contribution in [2.24, 2.45) is 0 Å². The van der Waals surface area contributed by atoms with E-state index >= 15 is 0 Å². The van der Waals surface area contributed by atoms with Gasteiger partial charge >= 0.3 is 5.97 Å². The summed E-state index contributed by atoms with van der Waals surface area (Å²) in [5.74, 6) is 1.74. The Kier molecular flexibility index (Phi) is 4.21. The number of carbonyl (C=O) groups is 1. The predicted molar refractivity (Wildman–Crippen MR) is 88.5 cm³/mol. The van der Waals surface area contributed by atoms with Gasteiger partial charge in [-0.2, -0.15) is 0 Å². The number of hydrogen-bond acceptors (Lipinski definition) is 3. The molecule has 3 rings (SSSR count). The Balaban J connectivity index is 1.83. The minimum atomic E-state index is -0.244. The topological polar surface area (TPSA) is 35.5 Å². The third-order valence-corrected chi connectivity index (χ3v) is 4.31. The Morgan fingerprint density at radius 2 is 1.91 bits per heavy atom. The number of carbonyl (C=O) groups excluding carboxylic acids is 1. The first-order chi connectivity index (χ1) is 10.5. The van der Waals surface area contributed by atoms with Crippen molar-refractivity contribution in [3.8, 4) is 11.5 Å². The molecule has 0 amide bonds. The molecule has 0 aliphatic carbocycles. The molecule has 0 saturated heterocycles. The number of esters is 1. The molecule has 1 atom stereocenters. The van der Waals surface area contributed by atoms with Gasteiger partial charge in [-0.1, -0.05) is 35.0 Å². The van der Waals surface area contributed by atoms with Gasteiger partial charge in [-0.25, -0.2) is 0 Å². The smallest absolute Gasteiger partial charge is 0.302 e. The fraction of sp³-hybridized carbons (Fsp3) is 0.278. The maximum absolute atomic E-state index is 10.9. The minimum Gasteiger partial charge on any atom is -0.465 e. The minimum absolute atomic E-state index is 0.165. The maximum atomic E-state index is 10.9. The lowest BCUT2D eigenvalue weighted by Gasteiger charge is -2.22. The van der Waals surface area contributed by atoms with Crippen molar-refractivity contribution in [1.29, 1.82) is 0 Å². The SMILES string of the molecule is CC(=O)OCC(C)c1ccc2c(c1)Cc1cc(Br)ccc1O2. The van der Waals surface area contributed by atoms with Crippen LogP contribution >= 0.6 is 15.9 Å². The van der Waals surface area contributed by atoms with Gasteiger partial charge in [0.1, 0.15) is 11.5 Å². The molecule has 0 radical (unpaired) electrons. The second-order valence-corrected chi connectivity index (χ2v) is 6.52. The van der Waals surface area contributed by atoms with Gasteiger partial charge in [0.05, 0.1) is 6.61 Å². The number of fused-ring (bicyclic) bond motifs is 2. The molecule has 4 heteroatoms. The molecule has 1 unspecified atom stereocenters. The highest BCUT2D eigenvalue weighted by molar-refractivity contribution is 9.10. The van der Waals surface area contributed by atoms with Crippen molar-refractivity contribution < 1.29 is 14.3 Å². The molecule has 0 aromatic heterocycles. The van der Waals surface area contributed by atoms with Crippen LogP contribution in [0.1, 0.15) is 36.5 Å². The molecule has 22 heavy (non-hydrogen) atoms. The number of halogens is 1. The van der Waals surface area contributed by atoms with Crippen molar-refractivity contribution in [3.05, 3.63) is 57.6 Å². The summed E-state index contributed by atoms with van der Waals surface area (Å²) in [5, 5.41) is 0. The molecule has 2 aromatic carbocycles. The molecule has 0 bridgehead atoms.